The molecule has 21 heavy (non-hydrogen) atoms. The number of aryl methyl sites for hydroxylation is 1. The summed E-state index contributed by atoms with van der Waals surface area (Å²) in [5.41, 5.74) is 1.52. The Morgan fingerprint density at radius 3 is 2.76 bits per heavy atom. The first-order valence-electron chi connectivity index (χ1n) is 7.36. The van der Waals surface area contributed by atoms with Gasteiger partial charge in [0.2, 0.25) is 11.8 Å². The molecular weight excluding hydrogens is 266 g/mol. The van der Waals surface area contributed by atoms with Gasteiger partial charge in [-0.15, -0.1) is 10.2 Å². The molecule has 0 radical (unpaired) electrons. The molecule has 3 rings (SSSR count). The topological polar surface area (TPSA) is 62.4 Å². The maximum atomic E-state index is 10.1. The summed E-state index contributed by atoms with van der Waals surface area (Å²) in [7, 11) is 0. The molecule has 0 saturated carbocycles. The van der Waals surface area contributed by atoms with E-state index in [1.165, 1.54) is 5.56 Å². The Labute approximate surface area is 124 Å². The van der Waals surface area contributed by atoms with Gasteiger partial charge in [0.1, 0.15) is 0 Å². The van der Waals surface area contributed by atoms with Crippen molar-refractivity contribution >= 4 is 0 Å². The summed E-state index contributed by atoms with van der Waals surface area (Å²) in [5, 5.41) is 18.4. The van der Waals surface area contributed by atoms with Gasteiger partial charge in [-0.3, -0.25) is 4.90 Å². The van der Waals surface area contributed by atoms with Crippen molar-refractivity contribution in [3.8, 4) is 11.5 Å². The van der Waals surface area contributed by atoms with Crippen molar-refractivity contribution in [3.63, 3.8) is 0 Å². The van der Waals surface area contributed by atoms with Crippen molar-refractivity contribution in [3.05, 3.63) is 35.7 Å². The van der Waals surface area contributed by atoms with E-state index in [0.29, 0.717) is 24.9 Å². The molecule has 1 N–H and O–H groups in total. The molecule has 0 aliphatic carbocycles. The first kappa shape index (κ1) is 14.2. The highest BCUT2D eigenvalue weighted by molar-refractivity contribution is 5.52. The summed E-state index contributed by atoms with van der Waals surface area (Å²) in [5.74, 6) is 1.15. The van der Waals surface area contributed by atoms with Gasteiger partial charge >= 0.3 is 0 Å². The first-order valence-corrected chi connectivity index (χ1v) is 7.36. The van der Waals surface area contributed by atoms with Crippen molar-refractivity contribution in [1.82, 2.24) is 15.1 Å². The van der Waals surface area contributed by atoms with E-state index >= 15 is 0 Å². The molecule has 2 aromatic rings. The lowest BCUT2D eigenvalue weighted by atomic mass is 9.95. The number of hydrogen-bond donors (Lipinski definition) is 1. The number of benzene rings is 1. The quantitative estimate of drug-likeness (QED) is 0.939. The molecule has 112 valence electrons. The molecule has 5 heteroatoms. The Bertz CT molecular complexity index is 604. The maximum absolute atomic E-state index is 10.1. The van der Waals surface area contributed by atoms with Crippen LogP contribution in [0.2, 0.25) is 0 Å². The van der Waals surface area contributed by atoms with Gasteiger partial charge < -0.3 is 9.52 Å². The standard InChI is InChI=1S/C16H21N3O2/c1-12-4-6-13(7-5-12)15-18-17-14(21-15)10-19-9-3-8-16(2,20)11-19/h4-7,20H,3,8-11H2,1-2H3. The molecule has 1 aliphatic heterocycles. The highest BCUT2D eigenvalue weighted by atomic mass is 16.4. The monoisotopic (exact) mass is 287 g/mol. The van der Waals surface area contributed by atoms with Gasteiger partial charge in [-0.25, -0.2) is 0 Å². The lowest BCUT2D eigenvalue weighted by Gasteiger charge is -2.35. The van der Waals surface area contributed by atoms with E-state index in [9.17, 15) is 5.11 Å². The zero-order valence-electron chi connectivity index (χ0n) is 12.5. The minimum absolute atomic E-state index is 0.550. The van der Waals surface area contributed by atoms with Gasteiger partial charge in [-0.05, 0) is 45.4 Å². The van der Waals surface area contributed by atoms with Gasteiger partial charge in [-0.2, -0.15) is 0 Å². The Morgan fingerprint density at radius 2 is 2.05 bits per heavy atom. The molecule has 0 bridgehead atoms. The summed E-state index contributed by atoms with van der Waals surface area (Å²) in [4.78, 5) is 2.16. The second-order valence-electron chi connectivity index (χ2n) is 6.18. The third-order valence-electron chi connectivity index (χ3n) is 3.88. The zero-order chi connectivity index (χ0) is 14.9. The van der Waals surface area contributed by atoms with Crippen LogP contribution in [0.25, 0.3) is 11.5 Å². The average Bonchev–Trinajstić information content (AvgIpc) is 2.87. The van der Waals surface area contributed by atoms with Crippen LogP contribution in [0.4, 0.5) is 0 Å². The van der Waals surface area contributed by atoms with E-state index in [4.69, 9.17) is 4.42 Å². The van der Waals surface area contributed by atoms with Crippen molar-refractivity contribution < 1.29 is 9.52 Å². The van der Waals surface area contributed by atoms with Crippen LogP contribution in [-0.2, 0) is 6.54 Å². The van der Waals surface area contributed by atoms with Gasteiger partial charge in [-0.1, -0.05) is 17.7 Å². The minimum atomic E-state index is -0.613. The fourth-order valence-corrected chi connectivity index (χ4v) is 2.78. The second-order valence-corrected chi connectivity index (χ2v) is 6.18. The van der Waals surface area contributed by atoms with Gasteiger partial charge in [0.15, 0.2) is 0 Å². The van der Waals surface area contributed by atoms with Crippen LogP contribution in [-0.4, -0.2) is 38.9 Å². The van der Waals surface area contributed by atoms with Crippen LogP contribution < -0.4 is 0 Å². The number of aromatic nitrogens is 2. The number of aliphatic hydroxyl groups is 1. The van der Waals surface area contributed by atoms with Crippen LogP contribution in [0.1, 0.15) is 31.2 Å². The lowest BCUT2D eigenvalue weighted by Crippen LogP contribution is -2.45. The van der Waals surface area contributed by atoms with Gasteiger partial charge in [0, 0.05) is 12.1 Å². The number of rotatable bonds is 3. The predicted octanol–water partition coefficient (Wildman–Crippen LogP) is 2.39. The lowest BCUT2D eigenvalue weighted by molar-refractivity contribution is -0.0202. The molecule has 5 nitrogen and oxygen atoms in total. The highest BCUT2D eigenvalue weighted by Crippen LogP contribution is 2.23. The van der Waals surface area contributed by atoms with Gasteiger partial charge in [0.05, 0.1) is 12.1 Å². The third-order valence-corrected chi connectivity index (χ3v) is 3.88. The molecular formula is C16H21N3O2. The summed E-state index contributed by atoms with van der Waals surface area (Å²) >= 11 is 0. The smallest absolute Gasteiger partial charge is 0.247 e. The first-order chi connectivity index (χ1) is 10.0. The van der Waals surface area contributed by atoms with E-state index in [0.717, 1.165) is 24.9 Å². The SMILES string of the molecule is Cc1ccc(-c2nnc(CN3CCCC(C)(O)C3)o2)cc1. The predicted molar refractivity (Wildman–Crippen MR) is 79.6 cm³/mol. The van der Waals surface area contributed by atoms with E-state index in [1.54, 1.807) is 0 Å². The molecule has 1 aromatic heterocycles. The molecule has 1 unspecified atom stereocenters. The Kier molecular flexibility index (Phi) is 3.78. The van der Waals surface area contributed by atoms with Crippen molar-refractivity contribution in [2.75, 3.05) is 13.1 Å². The maximum Gasteiger partial charge on any atom is 0.247 e. The molecule has 0 amide bonds. The average molecular weight is 287 g/mol. The number of nitrogens with zero attached hydrogens (tertiary/aromatic N) is 3. The number of likely N-dealkylation sites (tertiary alicyclic amines) is 1. The summed E-state index contributed by atoms with van der Waals surface area (Å²) in [6.07, 6.45) is 1.84. The van der Waals surface area contributed by atoms with E-state index in [-0.39, 0.29) is 0 Å². The Balaban J connectivity index is 1.69. The molecule has 1 fully saturated rings. The van der Waals surface area contributed by atoms with Crippen LogP contribution in [0.3, 0.4) is 0 Å². The zero-order valence-corrected chi connectivity index (χ0v) is 12.5. The molecule has 1 atom stereocenters. The highest BCUT2D eigenvalue weighted by Gasteiger charge is 2.29. The fraction of sp³-hybridized carbons (Fsp3) is 0.500. The van der Waals surface area contributed by atoms with Crippen molar-refractivity contribution in [2.45, 2.75) is 38.8 Å². The number of hydrogen-bond acceptors (Lipinski definition) is 5. The largest absolute Gasteiger partial charge is 0.419 e. The van der Waals surface area contributed by atoms with Crippen molar-refractivity contribution in [2.24, 2.45) is 0 Å². The van der Waals surface area contributed by atoms with Gasteiger partial charge in [0.25, 0.3) is 0 Å². The summed E-state index contributed by atoms with van der Waals surface area (Å²) < 4.78 is 5.73. The summed E-state index contributed by atoms with van der Waals surface area (Å²) in [6, 6.07) is 8.03. The molecule has 1 saturated heterocycles. The molecule has 2 heterocycles. The second kappa shape index (κ2) is 5.58. The van der Waals surface area contributed by atoms with Crippen LogP contribution >= 0.6 is 0 Å². The van der Waals surface area contributed by atoms with Crippen LogP contribution in [0.5, 0.6) is 0 Å². The van der Waals surface area contributed by atoms with E-state index in [2.05, 4.69) is 15.1 Å². The fourth-order valence-electron chi connectivity index (χ4n) is 2.78. The van der Waals surface area contributed by atoms with E-state index in [1.807, 2.05) is 38.1 Å². The Morgan fingerprint density at radius 1 is 1.29 bits per heavy atom. The molecule has 1 aromatic carbocycles. The minimum Gasteiger partial charge on any atom is -0.419 e. The number of piperidine rings is 1. The molecule has 0 spiro atoms. The third kappa shape index (κ3) is 3.49. The van der Waals surface area contributed by atoms with Crippen LogP contribution in [0.15, 0.2) is 28.7 Å². The van der Waals surface area contributed by atoms with E-state index < -0.39 is 5.60 Å². The molecule has 1 aliphatic rings. The van der Waals surface area contributed by atoms with Crippen molar-refractivity contribution in [1.29, 1.82) is 0 Å². The Hall–Kier alpha value is -1.72. The van der Waals surface area contributed by atoms with Crippen LogP contribution in [0, 0.1) is 6.92 Å². The normalized spacial score (nSPS) is 23.4. The summed E-state index contributed by atoms with van der Waals surface area (Å²) in [6.45, 7) is 6.12. The number of β-amino-alcohol motifs (C(OH)–C–C–N with tert-alkyl or cyclic N) is 1.